The summed E-state index contributed by atoms with van der Waals surface area (Å²) in [6.45, 7) is 2.05. The molecule has 1 heterocycles. The van der Waals surface area contributed by atoms with Crippen LogP contribution < -0.4 is 5.56 Å². The third-order valence-electron chi connectivity index (χ3n) is 3.21. The van der Waals surface area contributed by atoms with Crippen LogP contribution in [0.4, 0.5) is 0 Å². The molecule has 0 aliphatic rings. The molecule has 0 aliphatic heterocycles. The molecule has 106 valence electrons. The van der Waals surface area contributed by atoms with E-state index in [0.29, 0.717) is 5.39 Å². The van der Waals surface area contributed by atoms with Gasteiger partial charge in [0.25, 0.3) is 5.56 Å². The van der Waals surface area contributed by atoms with Crippen LogP contribution in [-0.2, 0) is 17.8 Å². The van der Waals surface area contributed by atoms with E-state index in [2.05, 4.69) is 12.0 Å². The zero-order valence-corrected chi connectivity index (χ0v) is 12.1. The molecule has 1 aromatic heterocycles. The van der Waals surface area contributed by atoms with Crippen LogP contribution in [0.15, 0.2) is 29.1 Å². The Bertz CT molecular complexity index is 689. The molecule has 1 amide bonds. The molecule has 2 rings (SSSR count). The first kappa shape index (κ1) is 14.2. The van der Waals surface area contributed by atoms with Gasteiger partial charge < -0.3 is 4.90 Å². The van der Waals surface area contributed by atoms with Crippen molar-refractivity contribution in [3.05, 3.63) is 40.3 Å². The number of benzene rings is 1. The number of rotatable bonds is 4. The lowest BCUT2D eigenvalue weighted by molar-refractivity contribution is -0.129. The van der Waals surface area contributed by atoms with E-state index in [0.717, 1.165) is 23.9 Å². The van der Waals surface area contributed by atoms with E-state index in [1.54, 1.807) is 20.2 Å². The second-order valence-corrected chi connectivity index (χ2v) is 4.99. The Morgan fingerprint density at radius 1 is 1.25 bits per heavy atom. The topological polar surface area (TPSA) is 55.2 Å². The van der Waals surface area contributed by atoms with Crippen LogP contribution >= 0.6 is 0 Å². The summed E-state index contributed by atoms with van der Waals surface area (Å²) in [5.74, 6) is -0.141. The first-order chi connectivity index (χ1) is 9.54. The SMILES string of the molecule is CCCc1nn(CC(=O)N(C)C)c(=O)c2ccccc12. The van der Waals surface area contributed by atoms with Crippen molar-refractivity contribution in [1.29, 1.82) is 0 Å². The molecule has 0 fully saturated rings. The highest BCUT2D eigenvalue weighted by Crippen LogP contribution is 2.14. The molecule has 0 unspecified atom stereocenters. The number of aryl methyl sites for hydroxylation is 1. The van der Waals surface area contributed by atoms with E-state index in [1.165, 1.54) is 9.58 Å². The Morgan fingerprint density at radius 2 is 1.90 bits per heavy atom. The zero-order valence-electron chi connectivity index (χ0n) is 12.1. The second-order valence-electron chi connectivity index (χ2n) is 4.99. The summed E-state index contributed by atoms with van der Waals surface area (Å²) in [5.41, 5.74) is 0.657. The minimum Gasteiger partial charge on any atom is -0.347 e. The van der Waals surface area contributed by atoms with Crippen molar-refractivity contribution < 1.29 is 4.79 Å². The number of nitrogens with zero attached hydrogens (tertiary/aromatic N) is 3. The van der Waals surface area contributed by atoms with Crippen LogP contribution in [-0.4, -0.2) is 34.7 Å². The van der Waals surface area contributed by atoms with Crippen LogP contribution in [0.1, 0.15) is 19.0 Å². The number of hydrogen-bond acceptors (Lipinski definition) is 3. The lowest BCUT2D eigenvalue weighted by atomic mass is 10.1. The molecule has 0 saturated carbocycles. The number of amides is 1. The Balaban J connectivity index is 2.58. The van der Waals surface area contributed by atoms with E-state index in [9.17, 15) is 9.59 Å². The van der Waals surface area contributed by atoms with Gasteiger partial charge in [-0.3, -0.25) is 9.59 Å². The molecule has 5 nitrogen and oxygen atoms in total. The van der Waals surface area contributed by atoms with Gasteiger partial charge in [0, 0.05) is 19.5 Å². The lowest BCUT2D eigenvalue weighted by Gasteiger charge is -2.13. The molecule has 0 N–H and O–H groups in total. The zero-order chi connectivity index (χ0) is 14.7. The van der Waals surface area contributed by atoms with Crippen molar-refractivity contribution >= 4 is 16.7 Å². The van der Waals surface area contributed by atoms with Crippen LogP contribution in [0.2, 0.25) is 0 Å². The van der Waals surface area contributed by atoms with Crippen molar-refractivity contribution in [2.45, 2.75) is 26.3 Å². The van der Waals surface area contributed by atoms with Gasteiger partial charge in [0.2, 0.25) is 5.91 Å². The predicted molar refractivity (Wildman–Crippen MR) is 78.7 cm³/mol. The van der Waals surface area contributed by atoms with E-state index in [1.807, 2.05) is 18.2 Å². The summed E-state index contributed by atoms with van der Waals surface area (Å²) in [6.07, 6.45) is 1.73. The van der Waals surface area contributed by atoms with E-state index >= 15 is 0 Å². The number of aromatic nitrogens is 2. The number of likely N-dealkylation sites (N-methyl/N-ethyl adjacent to an activating group) is 1. The molecule has 0 spiro atoms. The fraction of sp³-hybridized carbons (Fsp3) is 0.400. The first-order valence-electron chi connectivity index (χ1n) is 6.73. The maximum Gasteiger partial charge on any atom is 0.275 e. The van der Waals surface area contributed by atoms with Crippen molar-refractivity contribution in [2.24, 2.45) is 0 Å². The molecule has 0 saturated heterocycles. The van der Waals surface area contributed by atoms with Gasteiger partial charge in [0.15, 0.2) is 0 Å². The van der Waals surface area contributed by atoms with Crippen molar-refractivity contribution in [1.82, 2.24) is 14.7 Å². The number of carbonyl (C=O) groups is 1. The average Bonchev–Trinajstić information content (AvgIpc) is 2.44. The first-order valence-corrected chi connectivity index (χ1v) is 6.73. The number of fused-ring (bicyclic) bond motifs is 1. The fourth-order valence-corrected chi connectivity index (χ4v) is 2.10. The Morgan fingerprint density at radius 3 is 2.50 bits per heavy atom. The van der Waals surface area contributed by atoms with Gasteiger partial charge in [-0.05, 0) is 12.5 Å². The summed E-state index contributed by atoms with van der Waals surface area (Å²) in [5, 5.41) is 5.87. The van der Waals surface area contributed by atoms with Crippen molar-refractivity contribution in [3.63, 3.8) is 0 Å². The third-order valence-corrected chi connectivity index (χ3v) is 3.21. The van der Waals surface area contributed by atoms with E-state index < -0.39 is 0 Å². The summed E-state index contributed by atoms with van der Waals surface area (Å²) < 4.78 is 1.27. The second kappa shape index (κ2) is 5.86. The third kappa shape index (κ3) is 2.71. The summed E-state index contributed by atoms with van der Waals surface area (Å²) in [4.78, 5) is 25.6. The van der Waals surface area contributed by atoms with E-state index in [-0.39, 0.29) is 18.0 Å². The average molecular weight is 273 g/mol. The molecule has 20 heavy (non-hydrogen) atoms. The van der Waals surface area contributed by atoms with Crippen molar-refractivity contribution in [2.75, 3.05) is 14.1 Å². The fourth-order valence-electron chi connectivity index (χ4n) is 2.10. The van der Waals surface area contributed by atoms with Crippen LogP contribution in [0.3, 0.4) is 0 Å². The smallest absolute Gasteiger partial charge is 0.275 e. The highest BCUT2D eigenvalue weighted by molar-refractivity contribution is 5.84. The van der Waals surface area contributed by atoms with Crippen LogP contribution in [0.25, 0.3) is 10.8 Å². The van der Waals surface area contributed by atoms with Gasteiger partial charge in [0.1, 0.15) is 6.54 Å². The quantitative estimate of drug-likeness (QED) is 0.847. The van der Waals surface area contributed by atoms with Crippen LogP contribution in [0, 0.1) is 0 Å². The Hall–Kier alpha value is -2.17. The van der Waals surface area contributed by atoms with Gasteiger partial charge in [0.05, 0.1) is 11.1 Å². The molecule has 0 aliphatic carbocycles. The van der Waals surface area contributed by atoms with Gasteiger partial charge in [-0.15, -0.1) is 0 Å². The predicted octanol–water partition coefficient (Wildman–Crippen LogP) is 1.44. The summed E-state index contributed by atoms with van der Waals surface area (Å²) >= 11 is 0. The molecule has 2 aromatic rings. The van der Waals surface area contributed by atoms with Gasteiger partial charge in [-0.2, -0.15) is 5.10 Å². The Labute approximate surface area is 117 Å². The minimum atomic E-state index is -0.212. The Kier molecular flexibility index (Phi) is 4.17. The van der Waals surface area contributed by atoms with Crippen molar-refractivity contribution in [3.8, 4) is 0 Å². The normalized spacial score (nSPS) is 10.8. The molecule has 0 radical (unpaired) electrons. The molecule has 1 aromatic carbocycles. The summed E-state index contributed by atoms with van der Waals surface area (Å²) in [6, 6.07) is 7.43. The molecule has 5 heteroatoms. The molecule has 0 atom stereocenters. The largest absolute Gasteiger partial charge is 0.347 e. The van der Waals surface area contributed by atoms with Crippen LogP contribution in [0.5, 0.6) is 0 Å². The van der Waals surface area contributed by atoms with Gasteiger partial charge >= 0.3 is 0 Å². The summed E-state index contributed by atoms with van der Waals surface area (Å²) in [7, 11) is 3.34. The highest BCUT2D eigenvalue weighted by atomic mass is 16.2. The van der Waals surface area contributed by atoms with E-state index in [4.69, 9.17) is 0 Å². The maximum atomic E-state index is 12.4. The molecular formula is C15H19N3O2. The number of hydrogen-bond donors (Lipinski definition) is 0. The monoisotopic (exact) mass is 273 g/mol. The molecule has 0 bridgehead atoms. The highest BCUT2D eigenvalue weighted by Gasteiger charge is 2.13. The maximum absolute atomic E-state index is 12.4. The standard InChI is InChI=1S/C15H19N3O2/c1-4-7-13-11-8-5-6-9-12(11)15(20)18(16-13)10-14(19)17(2)3/h5-6,8-9H,4,7,10H2,1-3H3. The number of carbonyl (C=O) groups excluding carboxylic acids is 1. The van der Waals surface area contributed by atoms with Gasteiger partial charge in [-0.1, -0.05) is 31.5 Å². The lowest BCUT2D eigenvalue weighted by Crippen LogP contribution is -2.33. The molecular weight excluding hydrogens is 254 g/mol. The minimum absolute atomic E-state index is 0.0205. The van der Waals surface area contributed by atoms with Gasteiger partial charge in [-0.25, -0.2) is 4.68 Å².